The summed E-state index contributed by atoms with van der Waals surface area (Å²) in [6.45, 7) is 4.80. The summed E-state index contributed by atoms with van der Waals surface area (Å²) in [5.41, 5.74) is 0.599. The summed E-state index contributed by atoms with van der Waals surface area (Å²) in [5, 5.41) is 1.06. The molecule has 1 amide bonds. The molecule has 0 N–H and O–H groups in total. The Morgan fingerprint density at radius 2 is 1.82 bits per heavy atom. The van der Waals surface area contributed by atoms with Gasteiger partial charge in [0.1, 0.15) is 6.29 Å². The zero-order chi connectivity index (χ0) is 16.8. The topological polar surface area (TPSA) is 72.9 Å². The van der Waals surface area contributed by atoms with Gasteiger partial charge in [0.2, 0.25) is 0 Å². The van der Waals surface area contributed by atoms with Crippen LogP contribution in [0, 0.1) is 0 Å². The molecule has 0 unspecified atom stereocenters. The highest BCUT2D eigenvalue weighted by molar-refractivity contribution is 6.00. The monoisotopic (exact) mass is 309 g/mol. The van der Waals surface area contributed by atoms with Crippen LogP contribution in [-0.4, -0.2) is 50.4 Å². The molecular formula is C16H23NO5. The van der Waals surface area contributed by atoms with E-state index >= 15 is 0 Å². The average molecular weight is 309 g/mol. The molecule has 0 saturated carbocycles. The van der Waals surface area contributed by atoms with Crippen molar-refractivity contribution in [3.05, 3.63) is 35.4 Å². The van der Waals surface area contributed by atoms with E-state index in [0.717, 1.165) is 11.3 Å². The standard InChI is InChI=1S/C14H17NO5.C2H6/c1-15(20-10-9-19-8-4-7-16)14(18)13-6-3-2-5-12(13)11-17;1-2/h2-3,5-7,11H,4,8-10H2,1H3;1-2H3. The van der Waals surface area contributed by atoms with Crippen LogP contribution < -0.4 is 0 Å². The highest BCUT2D eigenvalue weighted by Crippen LogP contribution is 2.09. The molecule has 0 atom stereocenters. The molecular weight excluding hydrogens is 286 g/mol. The molecule has 6 nitrogen and oxygen atoms in total. The molecule has 0 aromatic heterocycles. The largest absolute Gasteiger partial charge is 0.379 e. The molecule has 1 rings (SSSR count). The van der Waals surface area contributed by atoms with Crippen molar-refractivity contribution in [2.75, 3.05) is 26.9 Å². The van der Waals surface area contributed by atoms with E-state index in [4.69, 9.17) is 9.57 Å². The molecule has 0 radical (unpaired) electrons. The van der Waals surface area contributed by atoms with Gasteiger partial charge in [-0.05, 0) is 6.07 Å². The molecule has 0 heterocycles. The van der Waals surface area contributed by atoms with E-state index in [-0.39, 0.29) is 18.8 Å². The molecule has 0 bridgehead atoms. The smallest absolute Gasteiger partial charge is 0.277 e. The molecule has 0 aliphatic rings. The van der Waals surface area contributed by atoms with Crippen molar-refractivity contribution >= 4 is 18.5 Å². The van der Waals surface area contributed by atoms with Crippen molar-refractivity contribution in [1.29, 1.82) is 0 Å². The summed E-state index contributed by atoms with van der Waals surface area (Å²) >= 11 is 0. The van der Waals surface area contributed by atoms with E-state index in [2.05, 4.69) is 0 Å². The summed E-state index contributed by atoms with van der Waals surface area (Å²) < 4.78 is 5.10. The first-order chi connectivity index (χ1) is 10.7. The number of hydrogen-bond donors (Lipinski definition) is 0. The predicted octanol–water partition coefficient (Wildman–Crippen LogP) is 2.13. The lowest BCUT2D eigenvalue weighted by atomic mass is 10.1. The lowest BCUT2D eigenvalue weighted by Crippen LogP contribution is -2.29. The minimum atomic E-state index is -0.402. The van der Waals surface area contributed by atoms with Crippen molar-refractivity contribution in [2.24, 2.45) is 0 Å². The maximum atomic E-state index is 12.0. The van der Waals surface area contributed by atoms with Gasteiger partial charge < -0.3 is 9.53 Å². The Morgan fingerprint density at radius 1 is 1.14 bits per heavy atom. The molecule has 122 valence electrons. The second kappa shape index (κ2) is 12.7. The van der Waals surface area contributed by atoms with E-state index in [9.17, 15) is 14.4 Å². The molecule has 22 heavy (non-hydrogen) atoms. The van der Waals surface area contributed by atoms with E-state index in [1.54, 1.807) is 24.3 Å². The number of carbonyl (C=O) groups excluding carboxylic acids is 3. The van der Waals surface area contributed by atoms with Crippen LogP contribution in [0.5, 0.6) is 0 Å². The number of ether oxygens (including phenoxy) is 1. The summed E-state index contributed by atoms with van der Waals surface area (Å²) in [7, 11) is 1.47. The fraction of sp³-hybridized carbons (Fsp3) is 0.438. The van der Waals surface area contributed by atoms with Gasteiger partial charge in [-0.25, -0.2) is 5.06 Å². The first kappa shape index (κ1) is 19.9. The molecule has 0 aliphatic heterocycles. The summed E-state index contributed by atoms with van der Waals surface area (Å²) in [6, 6.07) is 6.49. The Kier molecular flexibility index (Phi) is 11.5. The van der Waals surface area contributed by atoms with Gasteiger partial charge in [0, 0.05) is 19.0 Å². The van der Waals surface area contributed by atoms with Gasteiger partial charge in [-0.1, -0.05) is 32.0 Å². The van der Waals surface area contributed by atoms with Crippen LogP contribution in [0.2, 0.25) is 0 Å². The third-order valence-corrected chi connectivity index (χ3v) is 2.50. The summed E-state index contributed by atoms with van der Waals surface area (Å²) in [4.78, 5) is 38.2. The Hall–Kier alpha value is -2.05. The van der Waals surface area contributed by atoms with Crippen LogP contribution in [0.4, 0.5) is 0 Å². The molecule has 0 aliphatic carbocycles. The normalized spacial score (nSPS) is 9.41. The van der Waals surface area contributed by atoms with Gasteiger partial charge >= 0.3 is 0 Å². The minimum absolute atomic E-state index is 0.185. The van der Waals surface area contributed by atoms with Crippen molar-refractivity contribution in [3.8, 4) is 0 Å². The van der Waals surface area contributed by atoms with Gasteiger partial charge in [-0.2, -0.15) is 0 Å². The van der Waals surface area contributed by atoms with E-state index in [1.165, 1.54) is 7.05 Å². The third kappa shape index (κ3) is 7.10. The first-order valence-electron chi connectivity index (χ1n) is 7.17. The zero-order valence-electron chi connectivity index (χ0n) is 13.3. The molecule has 1 aromatic carbocycles. The maximum Gasteiger partial charge on any atom is 0.277 e. The Balaban J connectivity index is 0.00000211. The number of hydrogen-bond acceptors (Lipinski definition) is 5. The van der Waals surface area contributed by atoms with E-state index in [0.29, 0.717) is 24.9 Å². The number of rotatable bonds is 9. The number of hydroxylamine groups is 2. The van der Waals surface area contributed by atoms with Crippen LogP contribution in [0.1, 0.15) is 41.0 Å². The molecule has 0 fully saturated rings. The van der Waals surface area contributed by atoms with Crippen LogP contribution >= 0.6 is 0 Å². The second-order valence-corrected chi connectivity index (χ2v) is 3.91. The number of amides is 1. The van der Waals surface area contributed by atoms with Crippen LogP contribution in [-0.2, 0) is 14.4 Å². The minimum Gasteiger partial charge on any atom is -0.379 e. The van der Waals surface area contributed by atoms with E-state index < -0.39 is 5.91 Å². The van der Waals surface area contributed by atoms with Crippen LogP contribution in [0.25, 0.3) is 0 Å². The quantitative estimate of drug-likeness (QED) is 0.397. The highest BCUT2D eigenvalue weighted by Gasteiger charge is 2.15. The molecule has 1 aromatic rings. The second-order valence-electron chi connectivity index (χ2n) is 3.91. The van der Waals surface area contributed by atoms with Crippen LogP contribution in [0.15, 0.2) is 24.3 Å². The summed E-state index contributed by atoms with van der Waals surface area (Å²) in [6.07, 6.45) is 1.73. The van der Waals surface area contributed by atoms with Crippen molar-refractivity contribution in [1.82, 2.24) is 5.06 Å². The van der Waals surface area contributed by atoms with Crippen molar-refractivity contribution in [3.63, 3.8) is 0 Å². The Morgan fingerprint density at radius 3 is 2.45 bits per heavy atom. The van der Waals surface area contributed by atoms with Crippen LogP contribution in [0.3, 0.4) is 0 Å². The third-order valence-electron chi connectivity index (χ3n) is 2.50. The van der Waals surface area contributed by atoms with Gasteiger partial charge in [0.05, 0.1) is 25.4 Å². The van der Waals surface area contributed by atoms with Gasteiger partial charge in [0.15, 0.2) is 6.29 Å². The predicted molar refractivity (Wildman–Crippen MR) is 82.7 cm³/mol. The van der Waals surface area contributed by atoms with E-state index in [1.807, 2.05) is 13.8 Å². The summed E-state index contributed by atoms with van der Waals surface area (Å²) in [5.74, 6) is -0.402. The fourth-order valence-electron chi connectivity index (χ4n) is 1.49. The Bertz CT molecular complexity index is 462. The lowest BCUT2D eigenvalue weighted by Gasteiger charge is -2.17. The van der Waals surface area contributed by atoms with Gasteiger partial charge in [-0.3, -0.25) is 14.4 Å². The molecule has 0 saturated heterocycles. The fourth-order valence-corrected chi connectivity index (χ4v) is 1.49. The van der Waals surface area contributed by atoms with Gasteiger partial charge in [0.25, 0.3) is 5.91 Å². The number of benzene rings is 1. The SMILES string of the molecule is CC.CN(OCCOCCC=O)C(=O)c1ccccc1C=O. The molecule has 6 heteroatoms. The number of carbonyl (C=O) groups is 3. The lowest BCUT2D eigenvalue weighted by molar-refractivity contribution is -0.121. The molecule has 0 spiro atoms. The maximum absolute atomic E-state index is 12.0. The highest BCUT2D eigenvalue weighted by atomic mass is 16.7. The van der Waals surface area contributed by atoms with Gasteiger partial charge in [-0.15, -0.1) is 0 Å². The number of aldehydes is 2. The van der Waals surface area contributed by atoms with Crippen molar-refractivity contribution < 1.29 is 24.0 Å². The van der Waals surface area contributed by atoms with Crippen molar-refractivity contribution in [2.45, 2.75) is 20.3 Å². The first-order valence-corrected chi connectivity index (χ1v) is 7.17. The number of nitrogens with zero attached hydrogens (tertiary/aromatic N) is 1. The zero-order valence-corrected chi connectivity index (χ0v) is 13.3. The Labute approximate surface area is 131 Å². The average Bonchev–Trinajstić information content (AvgIpc) is 2.58.